The van der Waals surface area contributed by atoms with Gasteiger partial charge in [0.15, 0.2) is 11.5 Å². The number of aryl methyl sites for hydroxylation is 1. The fourth-order valence-electron chi connectivity index (χ4n) is 1.44. The number of rotatable bonds is 4. The van der Waals surface area contributed by atoms with E-state index in [2.05, 4.69) is 0 Å². The van der Waals surface area contributed by atoms with E-state index in [9.17, 15) is 4.79 Å². The van der Waals surface area contributed by atoms with E-state index in [-0.39, 0.29) is 0 Å². The first-order chi connectivity index (χ1) is 6.72. The summed E-state index contributed by atoms with van der Waals surface area (Å²) in [4.78, 5) is 10.4. The van der Waals surface area contributed by atoms with Crippen molar-refractivity contribution in [2.24, 2.45) is 0 Å². The van der Waals surface area contributed by atoms with Crippen molar-refractivity contribution in [3.8, 4) is 11.5 Å². The van der Waals surface area contributed by atoms with Crippen LogP contribution in [-0.2, 0) is 11.2 Å². The number of hydrogen-bond acceptors (Lipinski definition) is 3. The number of hydrogen-bond donors (Lipinski definition) is 0. The van der Waals surface area contributed by atoms with Gasteiger partial charge < -0.3 is 14.3 Å². The Labute approximate surface area is 83.6 Å². The highest BCUT2D eigenvalue weighted by molar-refractivity contribution is 5.58. The summed E-state index contributed by atoms with van der Waals surface area (Å²) in [6.45, 7) is 1.93. The van der Waals surface area contributed by atoms with Gasteiger partial charge in [-0.05, 0) is 24.1 Å². The van der Waals surface area contributed by atoms with E-state index in [0.29, 0.717) is 12.2 Å². The predicted octanol–water partition coefficient (Wildman–Crippen LogP) is 1.75. The van der Waals surface area contributed by atoms with Crippen LogP contribution in [0.2, 0.25) is 0 Å². The molecule has 76 valence electrons. The third-order valence-electron chi connectivity index (χ3n) is 2.04. The van der Waals surface area contributed by atoms with Gasteiger partial charge in [0.1, 0.15) is 6.29 Å². The molecule has 0 spiro atoms. The fourth-order valence-corrected chi connectivity index (χ4v) is 1.44. The van der Waals surface area contributed by atoms with Gasteiger partial charge in [-0.2, -0.15) is 0 Å². The molecule has 0 bridgehead atoms. The van der Waals surface area contributed by atoms with Crippen LogP contribution in [0, 0.1) is 6.92 Å². The van der Waals surface area contributed by atoms with Crippen LogP contribution in [0.25, 0.3) is 0 Å². The second-order valence-corrected chi connectivity index (χ2v) is 3.02. The Hall–Kier alpha value is -1.51. The summed E-state index contributed by atoms with van der Waals surface area (Å²) < 4.78 is 10.3. The van der Waals surface area contributed by atoms with Crippen molar-refractivity contribution >= 4 is 6.29 Å². The van der Waals surface area contributed by atoms with Crippen molar-refractivity contribution in [2.45, 2.75) is 13.3 Å². The van der Waals surface area contributed by atoms with E-state index in [1.165, 1.54) is 0 Å². The van der Waals surface area contributed by atoms with E-state index in [0.717, 1.165) is 23.2 Å². The Morgan fingerprint density at radius 2 is 2.00 bits per heavy atom. The molecule has 0 saturated heterocycles. The normalized spacial score (nSPS) is 9.64. The van der Waals surface area contributed by atoms with Crippen LogP contribution in [0.1, 0.15) is 11.1 Å². The summed E-state index contributed by atoms with van der Waals surface area (Å²) in [6.07, 6.45) is 1.28. The highest BCUT2D eigenvalue weighted by Crippen LogP contribution is 2.31. The number of carbonyl (C=O) groups is 1. The van der Waals surface area contributed by atoms with Gasteiger partial charge in [0.25, 0.3) is 0 Å². The molecule has 0 saturated carbocycles. The lowest BCUT2D eigenvalue weighted by atomic mass is 10.1. The molecule has 0 aromatic heterocycles. The van der Waals surface area contributed by atoms with Crippen LogP contribution < -0.4 is 9.47 Å². The molecule has 0 fully saturated rings. The maximum Gasteiger partial charge on any atom is 0.163 e. The molecule has 0 aliphatic carbocycles. The van der Waals surface area contributed by atoms with E-state index >= 15 is 0 Å². The fraction of sp³-hybridized carbons (Fsp3) is 0.364. The molecule has 0 atom stereocenters. The molecular formula is C11H14O3. The van der Waals surface area contributed by atoms with Gasteiger partial charge in [-0.25, -0.2) is 0 Å². The first kappa shape index (κ1) is 10.6. The highest BCUT2D eigenvalue weighted by Gasteiger charge is 2.08. The molecule has 0 amide bonds. The molecule has 1 aromatic carbocycles. The second-order valence-electron chi connectivity index (χ2n) is 3.02. The summed E-state index contributed by atoms with van der Waals surface area (Å²) >= 11 is 0. The van der Waals surface area contributed by atoms with Gasteiger partial charge in [-0.15, -0.1) is 0 Å². The molecule has 0 aliphatic rings. The van der Waals surface area contributed by atoms with Crippen molar-refractivity contribution in [3.05, 3.63) is 23.3 Å². The minimum atomic E-state index is 0.404. The van der Waals surface area contributed by atoms with Crippen LogP contribution in [-0.4, -0.2) is 20.5 Å². The lowest BCUT2D eigenvalue weighted by Gasteiger charge is -2.11. The number of carbonyl (C=O) groups excluding carboxylic acids is 1. The van der Waals surface area contributed by atoms with Gasteiger partial charge >= 0.3 is 0 Å². The average Bonchev–Trinajstić information content (AvgIpc) is 2.17. The molecule has 0 radical (unpaired) electrons. The lowest BCUT2D eigenvalue weighted by Crippen LogP contribution is -1.96. The largest absolute Gasteiger partial charge is 0.493 e. The zero-order valence-corrected chi connectivity index (χ0v) is 8.66. The summed E-state index contributed by atoms with van der Waals surface area (Å²) in [5.41, 5.74) is 1.92. The number of methoxy groups -OCH3 is 2. The Kier molecular flexibility index (Phi) is 3.51. The van der Waals surface area contributed by atoms with E-state index in [1.807, 2.05) is 19.1 Å². The van der Waals surface area contributed by atoms with Crippen LogP contribution in [0.5, 0.6) is 11.5 Å². The standard InChI is InChI=1S/C11H14O3/c1-8-6-9(4-5-12)7-10(13-2)11(8)14-3/h5-7H,4H2,1-3H3. The van der Waals surface area contributed by atoms with Gasteiger partial charge in [-0.1, -0.05) is 6.07 Å². The maximum absolute atomic E-state index is 10.4. The molecule has 3 heteroatoms. The zero-order chi connectivity index (χ0) is 10.6. The Morgan fingerprint density at radius 3 is 2.50 bits per heavy atom. The summed E-state index contributed by atoms with van der Waals surface area (Å²) in [7, 11) is 3.19. The van der Waals surface area contributed by atoms with Crippen LogP contribution in [0.4, 0.5) is 0 Å². The molecule has 0 aliphatic heterocycles. The molecule has 1 rings (SSSR count). The molecule has 0 N–H and O–H groups in total. The smallest absolute Gasteiger partial charge is 0.163 e. The first-order valence-corrected chi connectivity index (χ1v) is 4.38. The van der Waals surface area contributed by atoms with Gasteiger partial charge in [-0.3, -0.25) is 0 Å². The molecule has 1 aromatic rings. The molecule has 0 unspecified atom stereocenters. The topological polar surface area (TPSA) is 35.5 Å². The minimum Gasteiger partial charge on any atom is -0.493 e. The number of benzene rings is 1. The predicted molar refractivity (Wildman–Crippen MR) is 54.1 cm³/mol. The van der Waals surface area contributed by atoms with E-state index in [4.69, 9.17) is 9.47 Å². The summed E-state index contributed by atoms with van der Waals surface area (Å²) in [5, 5.41) is 0. The average molecular weight is 194 g/mol. The quantitative estimate of drug-likeness (QED) is 0.685. The Balaban J connectivity index is 3.16. The number of ether oxygens (including phenoxy) is 2. The third-order valence-corrected chi connectivity index (χ3v) is 2.04. The van der Waals surface area contributed by atoms with E-state index < -0.39 is 0 Å². The highest BCUT2D eigenvalue weighted by atomic mass is 16.5. The molecule has 0 heterocycles. The molecule has 3 nitrogen and oxygen atoms in total. The second kappa shape index (κ2) is 4.65. The van der Waals surface area contributed by atoms with Crippen molar-refractivity contribution < 1.29 is 14.3 Å². The third kappa shape index (κ3) is 2.05. The minimum absolute atomic E-state index is 0.404. The Morgan fingerprint density at radius 1 is 1.29 bits per heavy atom. The molecular weight excluding hydrogens is 180 g/mol. The Bertz CT molecular complexity index is 332. The monoisotopic (exact) mass is 194 g/mol. The zero-order valence-electron chi connectivity index (χ0n) is 8.66. The van der Waals surface area contributed by atoms with E-state index in [1.54, 1.807) is 14.2 Å². The van der Waals surface area contributed by atoms with Crippen LogP contribution in [0.15, 0.2) is 12.1 Å². The molecule has 14 heavy (non-hydrogen) atoms. The van der Waals surface area contributed by atoms with Crippen molar-refractivity contribution in [1.82, 2.24) is 0 Å². The lowest BCUT2D eigenvalue weighted by molar-refractivity contribution is -0.107. The SMILES string of the molecule is COc1cc(CC=O)cc(C)c1OC. The van der Waals surface area contributed by atoms with Gasteiger partial charge in [0.2, 0.25) is 0 Å². The van der Waals surface area contributed by atoms with Gasteiger partial charge in [0, 0.05) is 6.42 Å². The summed E-state index contributed by atoms with van der Waals surface area (Å²) in [6, 6.07) is 3.75. The number of aldehydes is 1. The first-order valence-electron chi connectivity index (χ1n) is 4.38. The van der Waals surface area contributed by atoms with Crippen molar-refractivity contribution in [2.75, 3.05) is 14.2 Å². The van der Waals surface area contributed by atoms with Crippen LogP contribution in [0.3, 0.4) is 0 Å². The van der Waals surface area contributed by atoms with Crippen LogP contribution >= 0.6 is 0 Å². The van der Waals surface area contributed by atoms with Gasteiger partial charge in [0.05, 0.1) is 14.2 Å². The van der Waals surface area contributed by atoms with Crippen molar-refractivity contribution in [1.29, 1.82) is 0 Å². The maximum atomic E-state index is 10.4. The summed E-state index contributed by atoms with van der Waals surface area (Å²) in [5.74, 6) is 1.39. The van der Waals surface area contributed by atoms with Crippen molar-refractivity contribution in [3.63, 3.8) is 0 Å².